The molecule has 1 unspecified atom stereocenters. The summed E-state index contributed by atoms with van der Waals surface area (Å²) in [4.78, 5) is 0. The first kappa shape index (κ1) is 15.0. The van der Waals surface area contributed by atoms with E-state index in [0.29, 0.717) is 5.92 Å². The molecule has 1 atom stereocenters. The molecule has 0 fully saturated rings. The van der Waals surface area contributed by atoms with Crippen LogP contribution in [0, 0.1) is 6.92 Å². The maximum absolute atomic E-state index is 4.07. The highest BCUT2D eigenvalue weighted by atomic mass is 14.2. The lowest BCUT2D eigenvalue weighted by Gasteiger charge is -2.18. The van der Waals surface area contributed by atoms with Crippen molar-refractivity contribution in [2.45, 2.75) is 66.2 Å². The van der Waals surface area contributed by atoms with Crippen molar-refractivity contribution in [1.82, 2.24) is 0 Å². The third-order valence-electron chi connectivity index (χ3n) is 3.77. The Bertz CT molecular complexity index is 412. The van der Waals surface area contributed by atoms with Crippen LogP contribution in [-0.4, -0.2) is 0 Å². The van der Waals surface area contributed by atoms with Crippen LogP contribution in [0.25, 0.3) is 0 Å². The van der Waals surface area contributed by atoms with Crippen LogP contribution in [0.3, 0.4) is 0 Å². The summed E-state index contributed by atoms with van der Waals surface area (Å²) in [5.41, 5.74) is 7.25. The molecule has 0 aliphatic heterocycles. The first-order valence-electron chi connectivity index (χ1n) is 7.26. The van der Waals surface area contributed by atoms with Crippen molar-refractivity contribution in [2.75, 3.05) is 0 Å². The lowest BCUT2D eigenvalue weighted by Crippen LogP contribution is -2.02. The molecule has 0 amide bonds. The third kappa shape index (κ3) is 3.73. The van der Waals surface area contributed by atoms with E-state index in [9.17, 15) is 0 Å². The Morgan fingerprint density at radius 1 is 1.28 bits per heavy atom. The standard InChI is InChI=1S/C18H28/c1-7-9-16-12-17(14(5)8-2)11-15(6)18(16)10-13(3)4/h11-12,14H,3,7-10H2,1-2,4-6H3. The van der Waals surface area contributed by atoms with E-state index in [1.165, 1.54) is 47.1 Å². The molecule has 1 rings (SSSR count). The fraction of sp³-hybridized carbons (Fsp3) is 0.556. The lowest BCUT2D eigenvalue weighted by atomic mass is 9.88. The summed E-state index contributed by atoms with van der Waals surface area (Å²) in [6.07, 6.45) is 4.65. The molecule has 1 aromatic carbocycles. The molecule has 0 radical (unpaired) electrons. The highest BCUT2D eigenvalue weighted by Gasteiger charge is 2.11. The minimum atomic E-state index is 0.665. The highest BCUT2D eigenvalue weighted by Crippen LogP contribution is 2.27. The maximum atomic E-state index is 4.07. The van der Waals surface area contributed by atoms with Gasteiger partial charge < -0.3 is 0 Å². The largest absolute Gasteiger partial charge is 0.0998 e. The molecular formula is C18H28. The van der Waals surface area contributed by atoms with Crippen molar-refractivity contribution < 1.29 is 0 Å². The van der Waals surface area contributed by atoms with Gasteiger partial charge in [0.1, 0.15) is 0 Å². The van der Waals surface area contributed by atoms with E-state index >= 15 is 0 Å². The van der Waals surface area contributed by atoms with Gasteiger partial charge in [-0.1, -0.05) is 51.5 Å². The van der Waals surface area contributed by atoms with Crippen LogP contribution in [0.5, 0.6) is 0 Å². The zero-order valence-electron chi connectivity index (χ0n) is 12.8. The number of benzene rings is 1. The van der Waals surface area contributed by atoms with E-state index < -0.39 is 0 Å². The van der Waals surface area contributed by atoms with Crippen LogP contribution in [0.15, 0.2) is 24.3 Å². The molecule has 0 aliphatic rings. The number of rotatable bonds is 6. The van der Waals surface area contributed by atoms with Gasteiger partial charge >= 0.3 is 0 Å². The minimum Gasteiger partial charge on any atom is -0.0998 e. The van der Waals surface area contributed by atoms with Gasteiger partial charge in [-0.25, -0.2) is 0 Å². The molecule has 1 aromatic rings. The van der Waals surface area contributed by atoms with Gasteiger partial charge in [0, 0.05) is 0 Å². The Kier molecular flexibility index (Phi) is 5.65. The van der Waals surface area contributed by atoms with E-state index in [1.54, 1.807) is 0 Å². The Hall–Kier alpha value is -1.04. The Morgan fingerprint density at radius 2 is 1.94 bits per heavy atom. The summed E-state index contributed by atoms with van der Waals surface area (Å²) in [6.45, 7) is 15.3. The molecule has 0 saturated carbocycles. The first-order chi connectivity index (χ1) is 8.49. The van der Waals surface area contributed by atoms with Gasteiger partial charge in [-0.05, 0) is 61.3 Å². The van der Waals surface area contributed by atoms with E-state index in [2.05, 4.69) is 53.3 Å². The van der Waals surface area contributed by atoms with Crippen molar-refractivity contribution in [3.8, 4) is 0 Å². The molecular weight excluding hydrogens is 216 g/mol. The normalized spacial score (nSPS) is 12.5. The fourth-order valence-corrected chi connectivity index (χ4v) is 2.49. The summed E-state index contributed by atoms with van der Waals surface area (Å²) >= 11 is 0. The Labute approximate surface area is 113 Å². The third-order valence-corrected chi connectivity index (χ3v) is 3.77. The van der Waals surface area contributed by atoms with Gasteiger partial charge in [0.15, 0.2) is 0 Å². The van der Waals surface area contributed by atoms with E-state index in [0.717, 1.165) is 6.42 Å². The van der Waals surface area contributed by atoms with Gasteiger partial charge in [-0.3, -0.25) is 0 Å². The molecule has 0 aromatic heterocycles. The summed E-state index contributed by atoms with van der Waals surface area (Å²) in [7, 11) is 0. The van der Waals surface area contributed by atoms with Gasteiger partial charge in [0.05, 0.1) is 0 Å². The molecule has 18 heavy (non-hydrogen) atoms. The molecule has 0 bridgehead atoms. The number of aryl methyl sites for hydroxylation is 2. The molecule has 100 valence electrons. The predicted octanol–water partition coefficient (Wildman–Crippen LogP) is 5.58. The second kappa shape index (κ2) is 6.78. The van der Waals surface area contributed by atoms with Crippen LogP contribution in [-0.2, 0) is 12.8 Å². The number of allylic oxidation sites excluding steroid dienone is 1. The lowest BCUT2D eigenvalue weighted by molar-refractivity contribution is 0.728. The van der Waals surface area contributed by atoms with Crippen LogP contribution in [0.4, 0.5) is 0 Å². The van der Waals surface area contributed by atoms with Crippen LogP contribution in [0.2, 0.25) is 0 Å². The van der Waals surface area contributed by atoms with Crippen molar-refractivity contribution in [3.63, 3.8) is 0 Å². The summed E-state index contributed by atoms with van der Waals surface area (Å²) < 4.78 is 0. The first-order valence-corrected chi connectivity index (χ1v) is 7.26. The number of hydrogen-bond acceptors (Lipinski definition) is 0. The van der Waals surface area contributed by atoms with E-state index in [4.69, 9.17) is 0 Å². The molecule has 0 heterocycles. The van der Waals surface area contributed by atoms with Gasteiger partial charge in [-0.15, -0.1) is 0 Å². The SMILES string of the molecule is C=C(C)Cc1c(C)cc(C(C)CC)cc1CCC. The molecule has 0 N–H and O–H groups in total. The second-order valence-corrected chi connectivity index (χ2v) is 5.67. The van der Waals surface area contributed by atoms with Gasteiger partial charge in [0.2, 0.25) is 0 Å². The average Bonchev–Trinajstić information content (AvgIpc) is 2.32. The summed E-state index contributed by atoms with van der Waals surface area (Å²) in [5.74, 6) is 0.665. The highest BCUT2D eigenvalue weighted by molar-refractivity contribution is 5.41. The second-order valence-electron chi connectivity index (χ2n) is 5.67. The van der Waals surface area contributed by atoms with Crippen LogP contribution in [0.1, 0.15) is 68.7 Å². The minimum absolute atomic E-state index is 0.665. The quantitative estimate of drug-likeness (QED) is 0.573. The monoisotopic (exact) mass is 244 g/mol. The van der Waals surface area contributed by atoms with Crippen molar-refractivity contribution in [1.29, 1.82) is 0 Å². The summed E-state index contributed by atoms with van der Waals surface area (Å²) in [6, 6.07) is 4.81. The van der Waals surface area contributed by atoms with Crippen molar-refractivity contribution in [2.24, 2.45) is 0 Å². The topological polar surface area (TPSA) is 0 Å². The molecule has 0 saturated heterocycles. The molecule has 0 nitrogen and oxygen atoms in total. The molecule has 0 aliphatic carbocycles. The Morgan fingerprint density at radius 3 is 2.44 bits per heavy atom. The molecule has 0 heteroatoms. The van der Waals surface area contributed by atoms with Crippen molar-refractivity contribution >= 4 is 0 Å². The zero-order chi connectivity index (χ0) is 13.7. The Balaban J connectivity index is 3.21. The van der Waals surface area contributed by atoms with Gasteiger partial charge in [0.25, 0.3) is 0 Å². The predicted molar refractivity (Wildman–Crippen MR) is 82.4 cm³/mol. The van der Waals surface area contributed by atoms with Crippen molar-refractivity contribution in [3.05, 3.63) is 46.5 Å². The van der Waals surface area contributed by atoms with E-state index in [-0.39, 0.29) is 0 Å². The maximum Gasteiger partial charge on any atom is -0.00672 e. The molecule has 0 spiro atoms. The van der Waals surface area contributed by atoms with Crippen LogP contribution < -0.4 is 0 Å². The zero-order valence-corrected chi connectivity index (χ0v) is 12.8. The van der Waals surface area contributed by atoms with E-state index in [1.807, 2.05) is 0 Å². The average molecular weight is 244 g/mol. The van der Waals surface area contributed by atoms with Gasteiger partial charge in [-0.2, -0.15) is 0 Å². The fourth-order valence-electron chi connectivity index (χ4n) is 2.49. The summed E-state index contributed by atoms with van der Waals surface area (Å²) in [5, 5.41) is 0. The van der Waals surface area contributed by atoms with Crippen LogP contribution >= 0.6 is 0 Å². The smallest absolute Gasteiger partial charge is 0.00672 e. The number of hydrogen-bond donors (Lipinski definition) is 0.